The molecule has 2 aliphatic carbocycles. The van der Waals surface area contributed by atoms with E-state index in [0.29, 0.717) is 0 Å². The molecule has 3 unspecified atom stereocenters. The van der Waals surface area contributed by atoms with Gasteiger partial charge in [-0.1, -0.05) is 0 Å². The van der Waals surface area contributed by atoms with E-state index in [1.165, 1.54) is 0 Å². The van der Waals surface area contributed by atoms with Gasteiger partial charge in [-0.2, -0.15) is 11.8 Å². The number of hydrogen-bond acceptors (Lipinski definition) is 1. The number of hydrogen-bond donors (Lipinski definition) is 0. The predicted molar refractivity (Wildman–Crippen MR) is 43.1 cm³/mol. The van der Waals surface area contributed by atoms with Crippen LogP contribution in [0.15, 0.2) is 0 Å². The van der Waals surface area contributed by atoms with E-state index in [0.717, 1.165) is 12.8 Å². The minimum absolute atomic E-state index is 0.131. The first-order valence-corrected chi connectivity index (χ1v) is 5.18. The summed E-state index contributed by atoms with van der Waals surface area (Å²) in [6.07, 6.45) is 3.64. The van der Waals surface area contributed by atoms with Gasteiger partial charge < -0.3 is 0 Å². The average Bonchev–Trinajstić information content (AvgIpc) is 2.36. The average molecular weight is 178 g/mol. The van der Waals surface area contributed by atoms with E-state index >= 15 is 0 Å². The van der Waals surface area contributed by atoms with Gasteiger partial charge in [0.25, 0.3) is 5.92 Å². The van der Waals surface area contributed by atoms with Gasteiger partial charge in [-0.25, -0.2) is 8.78 Å². The molecule has 0 aromatic carbocycles. The molecule has 0 amide bonds. The molecule has 0 heterocycles. The molecule has 2 saturated carbocycles. The molecule has 11 heavy (non-hydrogen) atoms. The van der Waals surface area contributed by atoms with Crippen molar-refractivity contribution in [3.63, 3.8) is 0 Å². The van der Waals surface area contributed by atoms with Crippen molar-refractivity contribution in [2.75, 3.05) is 6.26 Å². The van der Waals surface area contributed by atoms with Crippen molar-refractivity contribution in [1.82, 2.24) is 0 Å². The maximum absolute atomic E-state index is 12.9. The summed E-state index contributed by atoms with van der Waals surface area (Å²) in [5.41, 5.74) is 0. The summed E-state index contributed by atoms with van der Waals surface area (Å²) in [6.45, 7) is 1.98. The van der Waals surface area contributed by atoms with E-state index < -0.39 is 5.92 Å². The van der Waals surface area contributed by atoms with Gasteiger partial charge in [0, 0.05) is 16.6 Å². The van der Waals surface area contributed by atoms with Crippen molar-refractivity contribution < 1.29 is 8.78 Å². The molecular formula is C8H12F2S. The van der Waals surface area contributed by atoms with Crippen LogP contribution in [0, 0.1) is 11.8 Å². The quantitative estimate of drug-likeness (QED) is 0.595. The van der Waals surface area contributed by atoms with Gasteiger partial charge in [-0.05, 0) is 26.0 Å². The Balaban J connectivity index is 2.19. The Morgan fingerprint density at radius 2 is 2.09 bits per heavy atom. The van der Waals surface area contributed by atoms with Crippen LogP contribution >= 0.6 is 11.8 Å². The molecule has 0 saturated heterocycles. The molecule has 2 aliphatic rings. The normalized spacial score (nSPS) is 52.4. The molecule has 0 bridgehead atoms. The van der Waals surface area contributed by atoms with Crippen molar-refractivity contribution in [3.05, 3.63) is 0 Å². The van der Waals surface area contributed by atoms with Crippen molar-refractivity contribution in [1.29, 1.82) is 0 Å². The molecule has 0 N–H and O–H groups in total. The van der Waals surface area contributed by atoms with Crippen LogP contribution in [-0.2, 0) is 0 Å². The molecule has 3 atom stereocenters. The zero-order valence-corrected chi connectivity index (χ0v) is 7.55. The van der Waals surface area contributed by atoms with Gasteiger partial charge in [0.1, 0.15) is 0 Å². The smallest absolute Gasteiger partial charge is 0.206 e. The van der Waals surface area contributed by atoms with Gasteiger partial charge >= 0.3 is 0 Å². The Hall–Kier alpha value is 0.210. The van der Waals surface area contributed by atoms with E-state index in [1.54, 1.807) is 11.8 Å². The zero-order valence-electron chi connectivity index (χ0n) is 6.73. The summed E-state index contributed by atoms with van der Waals surface area (Å²) in [5.74, 6) is -2.92. The molecule has 0 aromatic heterocycles. The number of halogens is 2. The van der Waals surface area contributed by atoms with Crippen molar-refractivity contribution in [3.8, 4) is 0 Å². The van der Waals surface area contributed by atoms with Gasteiger partial charge in [0.15, 0.2) is 0 Å². The second-order valence-electron chi connectivity index (χ2n) is 3.81. The first-order valence-electron chi connectivity index (χ1n) is 3.95. The zero-order chi connectivity index (χ0) is 8.28. The van der Waals surface area contributed by atoms with Crippen LogP contribution in [0.5, 0.6) is 0 Å². The lowest BCUT2D eigenvalue weighted by atomic mass is 10.0. The monoisotopic (exact) mass is 178 g/mol. The minimum Gasteiger partial charge on any atom is -0.206 e. The molecule has 0 aliphatic heterocycles. The van der Waals surface area contributed by atoms with Crippen LogP contribution in [0.2, 0.25) is 0 Å². The molecule has 2 fully saturated rings. The van der Waals surface area contributed by atoms with Crippen LogP contribution in [0.25, 0.3) is 0 Å². The first kappa shape index (κ1) is 7.84. The fraction of sp³-hybridized carbons (Fsp3) is 1.00. The van der Waals surface area contributed by atoms with Crippen LogP contribution < -0.4 is 0 Å². The molecule has 0 spiro atoms. The second-order valence-corrected chi connectivity index (χ2v) is 5.16. The molecule has 0 radical (unpaired) electrons. The fourth-order valence-electron chi connectivity index (χ4n) is 2.41. The van der Waals surface area contributed by atoms with Gasteiger partial charge in [-0.3, -0.25) is 0 Å². The molecular weight excluding hydrogens is 166 g/mol. The highest BCUT2D eigenvalue weighted by atomic mass is 32.2. The van der Waals surface area contributed by atoms with E-state index in [2.05, 4.69) is 0 Å². The predicted octanol–water partition coefficient (Wildman–Crippen LogP) is 2.78. The lowest BCUT2D eigenvalue weighted by Crippen LogP contribution is -2.24. The number of thioether (sulfide) groups is 1. The largest absolute Gasteiger partial charge is 0.256 e. The van der Waals surface area contributed by atoms with E-state index in [4.69, 9.17) is 0 Å². The van der Waals surface area contributed by atoms with E-state index in [1.807, 2.05) is 13.2 Å². The van der Waals surface area contributed by atoms with Crippen LogP contribution in [-0.4, -0.2) is 16.9 Å². The standard InChI is InChI=1S/C8H12F2S/c1-7(11-2)4-3-5-6(7)8(5,9)10/h5-6H,3-4H2,1-2H3. The summed E-state index contributed by atoms with van der Waals surface area (Å²) in [6, 6.07) is 0. The summed E-state index contributed by atoms with van der Waals surface area (Å²) in [5, 5.41) is 0. The van der Waals surface area contributed by atoms with Crippen LogP contribution in [0.4, 0.5) is 8.78 Å². The maximum Gasteiger partial charge on any atom is 0.256 e. The van der Waals surface area contributed by atoms with Crippen molar-refractivity contribution >= 4 is 11.8 Å². The number of fused-ring (bicyclic) bond motifs is 1. The molecule has 0 nitrogen and oxygen atoms in total. The minimum atomic E-state index is -2.32. The van der Waals surface area contributed by atoms with Gasteiger partial charge in [0.2, 0.25) is 0 Å². The molecule has 0 aromatic rings. The highest BCUT2D eigenvalue weighted by Crippen LogP contribution is 2.70. The second kappa shape index (κ2) is 1.93. The summed E-state index contributed by atoms with van der Waals surface area (Å²) in [4.78, 5) is 0. The third-order valence-corrected chi connectivity index (χ3v) is 4.67. The Labute approximate surface area is 69.7 Å². The Morgan fingerprint density at radius 1 is 1.45 bits per heavy atom. The topological polar surface area (TPSA) is 0 Å². The van der Waals surface area contributed by atoms with Crippen molar-refractivity contribution in [2.24, 2.45) is 11.8 Å². The number of rotatable bonds is 1. The molecule has 3 heteroatoms. The lowest BCUT2D eigenvalue weighted by Gasteiger charge is -2.24. The van der Waals surface area contributed by atoms with E-state index in [-0.39, 0.29) is 16.6 Å². The Morgan fingerprint density at radius 3 is 2.36 bits per heavy atom. The molecule has 64 valence electrons. The summed E-state index contributed by atoms with van der Waals surface area (Å²) >= 11 is 1.61. The first-order chi connectivity index (χ1) is 5.02. The Kier molecular flexibility index (Phi) is 1.37. The Bertz CT molecular complexity index is 193. The van der Waals surface area contributed by atoms with Crippen LogP contribution in [0.3, 0.4) is 0 Å². The van der Waals surface area contributed by atoms with E-state index in [9.17, 15) is 8.78 Å². The highest BCUT2D eigenvalue weighted by molar-refractivity contribution is 8.00. The molecule has 2 rings (SSSR count). The lowest BCUT2D eigenvalue weighted by molar-refractivity contribution is 0.0665. The SMILES string of the molecule is CSC1(C)CCC2C1C2(F)F. The van der Waals surface area contributed by atoms with Crippen LogP contribution in [0.1, 0.15) is 19.8 Å². The van der Waals surface area contributed by atoms with Crippen molar-refractivity contribution in [2.45, 2.75) is 30.4 Å². The summed E-state index contributed by atoms with van der Waals surface area (Å²) < 4.78 is 25.7. The van der Waals surface area contributed by atoms with Gasteiger partial charge in [-0.15, -0.1) is 0 Å². The third-order valence-electron chi connectivity index (χ3n) is 3.28. The maximum atomic E-state index is 12.9. The highest BCUT2D eigenvalue weighted by Gasteiger charge is 2.76. The fourth-order valence-corrected chi connectivity index (χ4v) is 3.31. The summed E-state index contributed by atoms with van der Waals surface area (Å²) in [7, 11) is 0. The third kappa shape index (κ3) is 0.807. The van der Waals surface area contributed by atoms with Gasteiger partial charge in [0.05, 0.1) is 0 Å². The number of alkyl halides is 2.